The number of hydrogen-bond donors (Lipinski definition) is 2. The molecule has 0 unspecified atom stereocenters. The Kier molecular flexibility index (Phi) is 4.97. The summed E-state index contributed by atoms with van der Waals surface area (Å²) in [6.45, 7) is 10.4. The highest BCUT2D eigenvalue weighted by Crippen LogP contribution is 2.26. The Balaban J connectivity index is 1.91. The number of piperidine rings is 1. The molecule has 1 atom stereocenters. The lowest BCUT2D eigenvalue weighted by Gasteiger charge is -2.40. The van der Waals surface area contributed by atoms with Crippen LogP contribution < -0.4 is 5.32 Å². The highest BCUT2D eigenvalue weighted by molar-refractivity contribution is 5.86. The van der Waals surface area contributed by atoms with E-state index in [-0.39, 0.29) is 17.9 Å². The maximum Gasteiger partial charge on any atom is 0.255 e. The monoisotopic (exact) mass is 308 g/mol. The maximum absolute atomic E-state index is 12.6. The first-order valence-corrected chi connectivity index (χ1v) is 7.97. The Labute approximate surface area is 132 Å². The summed E-state index contributed by atoms with van der Waals surface area (Å²) in [7, 11) is 0. The molecule has 5 heteroatoms. The third kappa shape index (κ3) is 4.34. The van der Waals surface area contributed by atoms with Crippen LogP contribution in [0, 0.1) is 12.3 Å². The lowest BCUT2D eigenvalue weighted by Crippen LogP contribution is -2.59. The SMILES string of the molecule is Cc1ccc(CNC[C@@]2(O)CCCN(CC(C)(C)C)C2=O)o1. The van der Waals surface area contributed by atoms with Crippen molar-refractivity contribution < 1.29 is 14.3 Å². The Morgan fingerprint density at radius 2 is 2.14 bits per heavy atom. The molecule has 0 bridgehead atoms. The summed E-state index contributed by atoms with van der Waals surface area (Å²) in [5, 5.41) is 13.9. The van der Waals surface area contributed by atoms with Gasteiger partial charge in [-0.15, -0.1) is 0 Å². The fourth-order valence-electron chi connectivity index (χ4n) is 2.93. The van der Waals surface area contributed by atoms with Gasteiger partial charge in [0.25, 0.3) is 5.91 Å². The van der Waals surface area contributed by atoms with E-state index in [1.165, 1.54) is 0 Å². The van der Waals surface area contributed by atoms with Crippen molar-refractivity contribution in [2.45, 2.75) is 52.7 Å². The predicted octanol–water partition coefficient (Wildman–Crippen LogP) is 2.08. The number of rotatable bonds is 5. The van der Waals surface area contributed by atoms with Gasteiger partial charge in [-0.1, -0.05) is 20.8 Å². The third-order valence-corrected chi connectivity index (χ3v) is 3.88. The van der Waals surface area contributed by atoms with Gasteiger partial charge in [0.2, 0.25) is 0 Å². The van der Waals surface area contributed by atoms with Crippen molar-refractivity contribution >= 4 is 5.91 Å². The molecule has 5 nitrogen and oxygen atoms in total. The van der Waals surface area contributed by atoms with Gasteiger partial charge in [-0.2, -0.15) is 0 Å². The van der Waals surface area contributed by atoms with Gasteiger partial charge >= 0.3 is 0 Å². The van der Waals surface area contributed by atoms with Gasteiger partial charge in [0.1, 0.15) is 11.5 Å². The van der Waals surface area contributed by atoms with Gasteiger partial charge in [-0.05, 0) is 37.3 Å². The minimum Gasteiger partial charge on any atom is -0.465 e. The lowest BCUT2D eigenvalue weighted by atomic mass is 9.88. The van der Waals surface area contributed by atoms with E-state index in [1.54, 1.807) is 4.90 Å². The highest BCUT2D eigenvalue weighted by Gasteiger charge is 2.42. The molecule has 124 valence electrons. The second-order valence-corrected chi connectivity index (χ2v) is 7.54. The summed E-state index contributed by atoms with van der Waals surface area (Å²) >= 11 is 0. The number of furan rings is 1. The molecule has 1 aliphatic rings. The first-order valence-electron chi connectivity index (χ1n) is 7.97. The Morgan fingerprint density at radius 3 is 2.73 bits per heavy atom. The van der Waals surface area contributed by atoms with Crippen molar-refractivity contribution in [2.75, 3.05) is 19.6 Å². The van der Waals surface area contributed by atoms with Crippen LogP contribution in [0.3, 0.4) is 0 Å². The van der Waals surface area contributed by atoms with Crippen LogP contribution in [0.4, 0.5) is 0 Å². The first-order chi connectivity index (χ1) is 10.2. The molecule has 1 amide bonds. The second kappa shape index (κ2) is 6.42. The van der Waals surface area contributed by atoms with Gasteiger partial charge in [-0.25, -0.2) is 0 Å². The quantitative estimate of drug-likeness (QED) is 0.874. The number of likely N-dealkylation sites (tertiary alicyclic amines) is 1. The van der Waals surface area contributed by atoms with Gasteiger partial charge in [0.05, 0.1) is 6.54 Å². The van der Waals surface area contributed by atoms with Crippen LogP contribution in [-0.4, -0.2) is 41.1 Å². The number of aryl methyl sites for hydroxylation is 1. The number of nitrogens with one attached hydrogen (secondary N) is 1. The summed E-state index contributed by atoms with van der Waals surface area (Å²) in [6, 6.07) is 3.81. The number of carbonyl (C=O) groups is 1. The fraction of sp³-hybridized carbons (Fsp3) is 0.706. The Hall–Kier alpha value is -1.33. The zero-order valence-electron chi connectivity index (χ0n) is 14.1. The summed E-state index contributed by atoms with van der Waals surface area (Å²) < 4.78 is 5.48. The molecule has 1 aromatic rings. The average Bonchev–Trinajstić information content (AvgIpc) is 2.80. The molecular weight excluding hydrogens is 280 g/mol. The van der Waals surface area contributed by atoms with Crippen LogP contribution in [0.5, 0.6) is 0 Å². The normalized spacial score (nSPS) is 23.1. The molecule has 0 aliphatic carbocycles. The molecular formula is C17H28N2O3. The van der Waals surface area contributed by atoms with Gasteiger partial charge in [0, 0.05) is 19.6 Å². The van der Waals surface area contributed by atoms with E-state index in [9.17, 15) is 9.90 Å². The Bertz CT molecular complexity index is 518. The maximum atomic E-state index is 12.6. The van der Waals surface area contributed by atoms with Crippen LogP contribution in [0.25, 0.3) is 0 Å². The summed E-state index contributed by atoms with van der Waals surface area (Å²) in [5.41, 5.74) is -1.27. The second-order valence-electron chi connectivity index (χ2n) is 7.54. The number of hydrogen-bond acceptors (Lipinski definition) is 4. The van der Waals surface area contributed by atoms with Crippen LogP contribution >= 0.6 is 0 Å². The molecule has 22 heavy (non-hydrogen) atoms. The zero-order chi connectivity index (χ0) is 16.4. The van der Waals surface area contributed by atoms with Crippen LogP contribution in [-0.2, 0) is 11.3 Å². The zero-order valence-corrected chi connectivity index (χ0v) is 14.1. The fourth-order valence-corrected chi connectivity index (χ4v) is 2.93. The third-order valence-electron chi connectivity index (χ3n) is 3.88. The molecule has 0 radical (unpaired) electrons. The standard InChI is InChI=1S/C17H28N2O3/c1-13-6-7-14(22-13)10-18-11-17(21)8-5-9-19(15(17)20)12-16(2,3)4/h6-7,18,21H,5,8-12H2,1-4H3/t17-/m0/s1. The average molecular weight is 308 g/mol. The molecule has 0 saturated carbocycles. The smallest absolute Gasteiger partial charge is 0.255 e. The van der Waals surface area contributed by atoms with Crippen LogP contribution in [0.2, 0.25) is 0 Å². The van der Waals surface area contributed by atoms with Crippen molar-refractivity contribution in [3.05, 3.63) is 23.7 Å². The number of amides is 1. The molecule has 1 aromatic heterocycles. The van der Waals surface area contributed by atoms with E-state index < -0.39 is 5.60 Å². The molecule has 1 aliphatic heterocycles. The minimum atomic E-state index is -1.30. The molecule has 0 spiro atoms. The first kappa shape index (κ1) is 17.0. The van der Waals surface area contributed by atoms with Crippen LogP contribution in [0.15, 0.2) is 16.5 Å². The van der Waals surface area contributed by atoms with Crippen molar-refractivity contribution in [3.8, 4) is 0 Å². The highest BCUT2D eigenvalue weighted by atomic mass is 16.3. The van der Waals surface area contributed by atoms with E-state index in [0.717, 1.165) is 24.5 Å². The van der Waals surface area contributed by atoms with E-state index >= 15 is 0 Å². The van der Waals surface area contributed by atoms with E-state index in [4.69, 9.17) is 4.42 Å². The summed E-state index contributed by atoms with van der Waals surface area (Å²) in [6.07, 6.45) is 1.34. The van der Waals surface area contributed by atoms with E-state index in [0.29, 0.717) is 19.5 Å². The Morgan fingerprint density at radius 1 is 1.41 bits per heavy atom. The van der Waals surface area contributed by atoms with Crippen molar-refractivity contribution in [1.82, 2.24) is 10.2 Å². The lowest BCUT2D eigenvalue weighted by molar-refractivity contribution is -0.158. The summed E-state index contributed by atoms with van der Waals surface area (Å²) in [4.78, 5) is 14.4. The molecule has 2 rings (SSSR count). The number of nitrogens with zero attached hydrogens (tertiary/aromatic N) is 1. The van der Waals surface area contributed by atoms with Gasteiger partial charge in [0.15, 0.2) is 5.60 Å². The van der Waals surface area contributed by atoms with Gasteiger partial charge in [-0.3, -0.25) is 4.79 Å². The van der Waals surface area contributed by atoms with Gasteiger partial charge < -0.3 is 19.7 Å². The summed E-state index contributed by atoms with van der Waals surface area (Å²) in [5.74, 6) is 1.52. The molecule has 1 fully saturated rings. The molecule has 0 aromatic carbocycles. The molecule has 2 heterocycles. The predicted molar refractivity (Wildman–Crippen MR) is 85.4 cm³/mol. The molecule has 1 saturated heterocycles. The van der Waals surface area contributed by atoms with Crippen molar-refractivity contribution in [2.24, 2.45) is 5.41 Å². The van der Waals surface area contributed by atoms with E-state index in [1.807, 2.05) is 19.1 Å². The van der Waals surface area contributed by atoms with E-state index in [2.05, 4.69) is 26.1 Å². The van der Waals surface area contributed by atoms with Crippen molar-refractivity contribution in [3.63, 3.8) is 0 Å². The largest absolute Gasteiger partial charge is 0.465 e. The van der Waals surface area contributed by atoms with Crippen LogP contribution in [0.1, 0.15) is 45.1 Å². The minimum absolute atomic E-state index is 0.0348. The number of carbonyl (C=O) groups excluding carboxylic acids is 1. The number of aliphatic hydroxyl groups is 1. The topological polar surface area (TPSA) is 65.7 Å². The molecule has 2 N–H and O–H groups in total. The van der Waals surface area contributed by atoms with Crippen molar-refractivity contribution in [1.29, 1.82) is 0 Å².